The predicted octanol–water partition coefficient (Wildman–Crippen LogP) is 2.77. The average molecular weight is 293 g/mol. The molecule has 4 nitrogen and oxygen atoms in total. The van der Waals surface area contributed by atoms with Crippen molar-refractivity contribution in [3.63, 3.8) is 0 Å². The predicted molar refractivity (Wildman–Crippen MR) is 72.2 cm³/mol. The highest BCUT2D eigenvalue weighted by Crippen LogP contribution is 2.33. The molecule has 0 heterocycles. The van der Waals surface area contributed by atoms with E-state index in [1.54, 1.807) is 25.1 Å². The zero-order chi connectivity index (χ0) is 13.8. The molecule has 1 atom stereocenters. The van der Waals surface area contributed by atoms with E-state index in [1.165, 1.54) is 7.11 Å². The van der Waals surface area contributed by atoms with Gasteiger partial charge in [0.05, 0.1) is 19.0 Å². The van der Waals surface area contributed by atoms with Gasteiger partial charge in [0.2, 0.25) is 0 Å². The Morgan fingerprint density at radius 1 is 1.33 bits per heavy atom. The van der Waals surface area contributed by atoms with Crippen molar-refractivity contribution in [3.8, 4) is 11.5 Å². The Kier molecular flexibility index (Phi) is 5.28. The molecule has 0 N–H and O–H groups in total. The summed E-state index contributed by atoms with van der Waals surface area (Å²) in [5.41, 5.74) is 0.639. The lowest BCUT2D eigenvalue weighted by atomic mass is 10.1. The third kappa shape index (κ3) is 3.29. The first-order valence-corrected chi connectivity index (χ1v) is 7.79. The summed E-state index contributed by atoms with van der Waals surface area (Å²) in [5, 5.41) is -1.07. The topological polar surface area (TPSA) is 52.6 Å². The van der Waals surface area contributed by atoms with Crippen LogP contribution in [0.2, 0.25) is 0 Å². The first kappa shape index (κ1) is 15.1. The highest BCUT2D eigenvalue weighted by molar-refractivity contribution is 7.92. The first-order valence-electron chi connectivity index (χ1n) is 5.54. The number of benzene rings is 1. The van der Waals surface area contributed by atoms with Gasteiger partial charge in [-0.05, 0) is 31.5 Å². The van der Waals surface area contributed by atoms with Gasteiger partial charge in [0.15, 0.2) is 21.3 Å². The summed E-state index contributed by atoms with van der Waals surface area (Å²) in [6.45, 7) is 3.94. The third-order valence-corrected chi connectivity index (χ3v) is 5.21. The van der Waals surface area contributed by atoms with Gasteiger partial charge in [0, 0.05) is 0 Å². The smallest absolute Gasteiger partial charge is 0.170 e. The molecule has 1 unspecified atom stereocenters. The van der Waals surface area contributed by atoms with E-state index < -0.39 is 20.3 Å². The second-order valence-electron chi connectivity index (χ2n) is 3.76. The van der Waals surface area contributed by atoms with Crippen LogP contribution in [0.1, 0.15) is 24.7 Å². The molecule has 0 saturated carbocycles. The van der Waals surface area contributed by atoms with E-state index in [0.29, 0.717) is 23.7 Å². The van der Waals surface area contributed by atoms with Gasteiger partial charge in [-0.15, -0.1) is 11.6 Å². The van der Waals surface area contributed by atoms with Crippen molar-refractivity contribution < 1.29 is 17.9 Å². The summed E-state index contributed by atoms with van der Waals surface area (Å²) in [6, 6.07) is 5.08. The maximum Gasteiger partial charge on any atom is 0.170 e. The molecule has 0 aliphatic heterocycles. The van der Waals surface area contributed by atoms with Crippen LogP contribution in [0.5, 0.6) is 11.5 Å². The summed E-state index contributed by atoms with van der Waals surface area (Å²) in [4.78, 5) is 0. The number of ether oxygens (including phenoxy) is 2. The van der Waals surface area contributed by atoms with Crippen LogP contribution in [0.4, 0.5) is 0 Å². The minimum Gasteiger partial charge on any atom is -0.493 e. The van der Waals surface area contributed by atoms with E-state index in [9.17, 15) is 8.42 Å². The van der Waals surface area contributed by atoms with Gasteiger partial charge in [-0.2, -0.15) is 0 Å². The Labute approximate surface area is 113 Å². The average Bonchev–Trinajstić information content (AvgIpc) is 2.38. The standard InChI is InChI=1S/C12H17ClO4S/c1-4-17-12-7-10(5-6-11(12)16-3)9(2)18(14,15)8-13/h5-7,9H,4,8H2,1-3H3. The molecule has 1 aromatic carbocycles. The lowest BCUT2D eigenvalue weighted by molar-refractivity contribution is 0.310. The summed E-state index contributed by atoms with van der Waals surface area (Å²) in [7, 11) is -1.80. The molecule has 0 radical (unpaired) electrons. The number of rotatable bonds is 6. The molecule has 102 valence electrons. The van der Waals surface area contributed by atoms with Gasteiger partial charge in [0.25, 0.3) is 0 Å². The minimum atomic E-state index is -3.33. The second-order valence-corrected chi connectivity index (χ2v) is 6.66. The molecule has 0 aromatic heterocycles. The minimum absolute atomic E-state index is 0.399. The molecule has 18 heavy (non-hydrogen) atoms. The summed E-state index contributed by atoms with van der Waals surface area (Å²) in [5.74, 6) is 1.12. The molecule has 6 heteroatoms. The Morgan fingerprint density at radius 2 is 2.00 bits per heavy atom. The van der Waals surface area contributed by atoms with E-state index >= 15 is 0 Å². The molecular formula is C12H17ClO4S. The lowest BCUT2D eigenvalue weighted by Crippen LogP contribution is -2.11. The second kappa shape index (κ2) is 6.29. The van der Waals surface area contributed by atoms with E-state index in [-0.39, 0.29) is 0 Å². The molecule has 0 aliphatic carbocycles. The number of sulfone groups is 1. The highest BCUT2D eigenvalue weighted by Gasteiger charge is 2.22. The zero-order valence-electron chi connectivity index (χ0n) is 10.6. The van der Waals surface area contributed by atoms with Crippen molar-refractivity contribution in [3.05, 3.63) is 23.8 Å². The Hall–Kier alpha value is -0.940. The fraction of sp³-hybridized carbons (Fsp3) is 0.500. The Balaban J connectivity index is 3.15. The van der Waals surface area contributed by atoms with Crippen molar-refractivity contribution in [1.29, 1.82) is 0 Å². The summed E-state index contributed by atoms with van der Waals surface area (Å²) < 4.78 is 34.0. The molecule has 0 aliphatic rings. The van der Waals surface area contributed by atoms with Crippen molar-refractivity contribution in [2.45, 2.75) is 19.1 Å². The number of halogens is 1. The molecule has 0 fully saturated rings. The van der Waals surface area contributed by atoms with Crippen LogP contribution in [0.3, 0.4) is 0 Å². The Bertz CT molecular complexity index is 499. The van der Waals surface area contributed by atoms with Gasteiger partial charge in [-0.25, -0.2) is 8.42 Å². The van der Waals surface area contributed by atoms with Gasteiger partial charge in [-0.3, -0.25) is 0 Å². The van der Waals surface area contributed by atoms with Gasteiger partial charge < -0.3 is 9.47 Å². The van der Waals surface area contributed by atoms with Crippen molar-refractivity contribution in [2.24, 2.45) is 0 Å². The van der Waals surface area contributed by atoms with Crippen LogP contribution in [0.25, 0.3) is 0 Å². The SMILES string of the molecule is CCOc1cc(C(C)S(=O)(=O)CCl)ccc1OC. The van der Waals surface area contributed by atoms with E-state index in [4.69, 9.17) is 21.1 Å². The van der Waals surface area contributed by atoms with Crippen LogP contribution >= 0.6 is 11.6 Å². The molecular weight excluding hydrogens is 276 g/mol. The van der Waals surface area contributed by atoms with Gasteiger partial charge in [0.1, 0.15) is 5.21 Å². The number of hydrogen-bond donors (Lipinski definition) is 0. The number of methoxy groups -OCH3 is 1. The van der Waals surface area contributed by atoms with Crippen LogP contribution in [0.15, 0.2) is 18.2 Å². The number of hydrogen-bond acceptors (Lipinski definition) is 4. The lowest BCUT2D eigenvalue weighted by Gasteiger charge is -2.15. The maximum atomic E-state index is 11.7. The Morgan fingerprint density at radius 3 is 2.50 bits per heavy atom. The maximum absolute atomic E-state index is 11.7. The zero-order valence-corrected chi connectivity index (χ0v) is 12.2. The monoisotopic (exact) mass is 292 g/mol. The van der Waals surface area contributed by atoms with Gasteiger partial charge >= 0.3 is 0 Å². The molecule has 0 saturated heterocycles. The van der Waals surface area contributed by atoms with Crippen LogP contribution < -0.4 is 9.47 Å². The molecule has 0 spiro atoms. The summed E-state index contributed by atoms with van der Waals surface area (Å²) in [6.07, 6.45) is 0. The van der Waals surface area contributed by atoms with Crippen LogP contribution in [-0.4, -0.2) is 27.3 Å². The largest absolute Gasteiger partial charge is 0.493 e. The van der Waals surface area contributed by atoms with Gasteiger partial charge in [-0.1, -0.05) is 6.07 Å². The fourth-order valence-corrected chi connectivity index (χ4v) is 2.83. The van der Waals surface area contributed by atoms with E-state index in [1.807, 2.05) is 6.92 Å². The van der Waals surface area contributed by atoms with E-state index in [2.05, 4.69) is 0 Å². The van der Waals surface area contributed by atoms with Crippen LogP contribution in [-0.2, 0) is 9.84 Å². The van der Waals surface area contributed by atoms with Crippen molar-refractivity contribution in [2.75, 3.05) is 18.9 Å². The van der Waals surface area contributed by atoms with Crippen LogP contribution in [0, 0.1) is 0 Å². The normalized spacial score (nSPS) is 13.1. The first-order chi connectivity index (χ1) is 8.46. The molecule has 1 aromatic rings. The molecule has 0 bridgehead atoms. The number of alkyl halides is 1. The summed E-state index contributed by atoms with van der Waals surface area (Å²) >= 11 is 5.45. The highest BCUT2D eigenvalue weighted by atomic mass is 35.5. The third-order valence-electron chi connectivity index (χ3n) is 2.65. The molecule has 1 rings (SSSR count). The quantitative estimate of drug-likeness (QED) is 0.757. The van der Waals surface area contributed by atoms with Crippen molar-refractivity contribution >= 4 is 21.4 Å². The molecule has 0 amide bonds. The van der Waals surface area contributed by atoms with Crippen molar-refractivity contribution in [1.82, 2.24) is 0 Å². The van der Waals surface area contributed by atoms with E-state index in [0.717, 1.165) is 0 Å². The fourth-order valence-electron chi connectivity index (χ4n) is 1.52.